The van der Waals surface area contributed by atoms with Crippen LogP contribution in [0.3, 0.4) is 0 Å². The van der Waals surface area contributed by atoms with E-state index in [9.17, 15) is 81.6 Å². The van der Waals surface area contributed by atoms with E-state index in [4.69, 9.17) is 32.1 Å². The molecule has 2 aliphatic carbocycles. The number of alkyl carbamates (subject to hydrolysis) is 1. The first-order valence-corrected chi connectivity index (χ1v) is 44.4. The van der Waals surface area contributed by atoms with Crippen LogP contribution in [0.25, 0.3) is 39.0 Å². The number of carbonyl (C=O) groups is 9. The van der Waals surface area contributed by atoms with Crippen molar-refractivity contribution in [3.05, 3.63) is 260 Å². The average molecular weight is 1810 g/mol. The quantitative estimate of drug-likeness (QED) is 0.00415. The standard InChI is InChI=1S/C63H74N8O10.C33H29N5O11S/c1-9-70-51-34-50-48(33-47(51)37(2)35-62(70,4)5)55(49-31-40-16-12-28-69-29-13-19-46(57(40)69)56(49)63(50,6)7)43-17-10-11-18-44(43)59(75)68(8)27-14-20-54(73)67-36-39-21-23-42(52(30-39)71(78)79)38(3)80-61(77)66-26-15-25-65-58(74)41-22-24-45(53(72)32-41)60(76)81-64;1-15-23(34)9-7-20-26(21-8-10-24(35)29(50(45,46)47)28(21)48-27(15)20)18-5-3-16(13-22(18)32(42)43)30(40)37-11-2-12-38-31(41)17-4-6-19(25(39)14-17)33(44)49-36/h10-11,17-18,21-24,30-34,37-38H,9,12-16,19-20,25-29,35-36,64H2,1-8H3,(H3-,65,66,67,72,73,74,76,77);3-10,13-14,34,39H,2,11-12,35-36H2,1H3,(H,37,40)(H,38,41)(H,42,43)(H,45,46,47)/p+2. The van der Waals surface area contributed by atoms with Crippen molar-refractivity contribution in [1.29, 1.82) is 0 Å². The Morgan fingerprint density at radius 2 is 1.32 bits per heavy atom. The van der Waals surface area contributed by atoms with Gasteiger partial charge in [0.2, 0.25) is 16.6 Å². The van der Waals surface area contributed by atoms with E-state index < -0.39 is 79.3 Å². The number of aromatic carboxylic acids is 1. The molecule has 17 N–H and O–H groups in total. The third kappa shape index (κ3) is 19.5. The number of amides is 6. The predicted octanol–water partition coefficient (Wildman–Crippen LogP) is 8.47. The van der Waals surface area contributed by atoms with Crippen molar-refractivity contribution >= 4 is 97.3 Å². The number of benzene rings is 9. The highest BCUT2D eigenvalue weighted by molar-refractivity contribution is 7.86. The van der Waals surface area contributed by atoms with E-state index in [0.717, 1.165) is 75.0 Å². The lowest BCUT2D eigenvalue weighted by Gasteiger charge is -2.48. The molecule has 684 valence electrons. The molecule has 0 bridgehead atoms. The minimum atomic E-state index is -4.91. The number of nitro groups is 1. The number of aromatic hydroxyl groups is 2. The van der Waals surface area contributed by atoms with Crippen molar-refractivity contribution in [3.63, 3.8) is 0 Å². The zero-order valence-corrected chi connectivity index (χ0v) is 74.7. The number of phenols is 2. The average Bonchev–Trinajstić information content (AvgIpc) is 0.691. The number of nitro benzene ring substituents is 1. The van der Waals surface area contributed by atoms with Crippen molar-refractivity contribution in [2.24, 2.45) is 11.8 Å². The Morgan fingerprint density at radius 3 is 1.92 bits per heavy atom. The van der Waals surface area contributed by atoms with E-state index in [1.54, 1.807) is 37.1 Å². The molecule has 0 fully saturated rings. The van der Waals surface area contributed by atoms with E-state index in [0.29, 0.717) is 52.9 Å². The lowest BCUT2D eigenvalue weighted by Crippen LogP contribution is -2.50. The monoisotopic (exact) mass is 1810 g/mol. The van der Waals surface area contributed by atoms with Gasteiger partial charge in [0, 0.05) is 151 Å². The third-order valence-electron chi connectivity index (χ3n) is 24.8. The van der Waals surface area contributed by atoms with Gasteiger partial charge in [-0.05, 0) is 226 Å². The molecule has 6 amide bonds. The van der Waals surface area contributed by atoms with Crippen LogP contribution in [0.15, 0.2) is 149 Å². The lowest BCUT2D eigenvalue weighted by molar-refractivity contribution is -0.386. The van der Waals surface area contributed by atoms with Crippen molar-refractivity contribution in [1.82, 2.24) is 36.1 Å². The van der Waals surface area contributed by atoms with E-state index >= 15 is 0 Å². The van der Waals surface area contributed by atoms with Gasteiger partial charge in [-0.2, -0.15) is 20.2 Å². The molecule has 4 heterocycles. The summed E-state index contributed by atoms with van der Waals surface area (Å²) in [6, 6.07) is 36.8. The topological polar surface area (TPSA) is 526 Å². The molecular weight excluding hydrogens is 1700 g/mol. The Kier molecular flexibility index (Phi) is 28.0. The normalized spacial score (nSPS) is 14.6. The van der Waals surface area contributed by atoms with Gasteiger partial charge in [-0.15, -0.1) is 0 Å². The highest BCUT2D eigenvalue weighted by Crippen LogP contribution is 2.51. The summed E-state index contributed by atoms with van der Waals surface area (Å²) >= 11 is 0. The second-order valence-electron chi connectivity index (χ2n) is 34.2. The fourth-order valence-corrected chi connectivity index (χ4v) is 19.3. The number of carboxylic acids is 1. The van der Waals surface area contributed by atoms with Crippen LogP contribution in [0.4, 0.5) is 21.9 Å². The molecule has 0 saturated carbocycles. The first-order valence-electron chi connectivity index (χ1n) is 42.9. The van der Waals surface area contributed by atoms with Crippen molar-refractivity contribution in [2.45, 2.75) is 148 Å². The first-order chi connectivity index (χ1) is 62.3. The molecule has 2 atom stereocenters. The minimum absolute atomic E-state index is 0.000666. The summed E-state index contributed by atoms with van der Waals surface area (Å²) < 4.78 is 48.8. The van der Waals surface area contributed by atoms with Gasteiger partial charge in [-0.3, -0.25) is 44.0 Å². The Bertz CT molecular complexity index is 6640. The van der Waals surface area contributed by atoms with Gasteiger partial charge in [0.15, 0.2) is 10.5 Å². The van der Waals surface area contributed by atoms with Crippen LogP contribution in [-0.2, 0) is 54.1 Å². The molecule has 34 nitrogen and oxygen atoms in total. The number of phenolic OH excluding ortho intramolecular Hbond substituents is 2. The van der Waals surface area contributed by atoms with E-state index in [1.165, 1.54) is 123 Å². The number of ether oxygens (including phenoxy) is 1. The smallest absolute Gasteiger partial charge is 0.407 e. The fourth-order valence-electron chi connectivity index (χ4n) is 18.5. The molecule has 0 saturated heterocycles. The lowest BCUT2D eigenvalue weighted by atomic mass is 9.64. The minimum Gasteiger partial charge on any atom is -0.507 e. The largest absolute Gasteiger partial charge is 0.507 e. The summed E-state index contributed by atoms with van der Waals surface area (Å²) in [5, 5.41) is 65.0. The van der Waals surface area contributed by atoms with Crippen LogP contribution >= 0.6 is 0 Å². The van der Waals surface area contributed by atoms with Crippen LogP contribution in [0.2, 0.25) is 0 Å². The number of rotatable bonds is 28. The van der Waals surface area contributed by atoms with Gasteiger partial charge in [-0.1, -0.05) is 51.1 Å². The molecule has 8 aromatic carbocycles. The molecule has 6 aliphatic rings. The van der Waals surface area contributed by atoms with Crippen molar-refractivity contribution in [2.75, 3.05) is 70.0 Å². The van der Waals surface area contributed by atoms with Gasteiger partial charge >= 0.3 is 24.0 Å². The maximum Gasteiger partial charge on any atom is 0.407 e. The number of nitrogen functional groups attached to an aromatic ring is 1. The summed E-state index contributed by atoms with van der Waals surface area (Å²) in [4.78, 5) is 138. The number of carbonyl (C=O) groups excluding carboxylic acids is 8. The Hall–Kier alpha value is -14.4. The van der Waals surface area contributed by atoms with Crippen LogP contribution < -0.4 is 74.9 Å². The highest BCUT2D eigenvalue weighted by atomic mass is 32.2. The van der Waals surface area contributed by atoms with Crippen LogP contribution in [0, 0.1) is 17.0 Å². The van der Waals surface area contributed by atoms with Gasteiger partial charge in [0.1, 0.15) is 47.6 Å². The number of anilines is 2. The van der Waals surface area contributed by atoms with Gasteiger partial charge in [0.25, 0.3) is 39.4 Å². The molecule has 35 heteroatoms. The first kappa shape index (κ1) is 94.2. The number of hydrogen-bond acceptors (Lipinski definition) is 23. The number of nitrogens with zero attached hydrogens (tertiary/aromatic N) is 4. The summed E-state index contributed by atoms with van der Waals surface area (Å²) in [6.45, 7) is 21.1. The SMILES string of the molecule is CCN1c2cc3c(cc2C(C)CC1(C)C)C(c1ccccc1C(=O)N(C)CCCC(=O)NCc1ccc(C(C)OC(=O)NCCCNC(=O)c2ccc(C(=O)ON)c(O)c2)c([N+](=O)[O-])c1)=c1cc2c4c(c1C3(C)C)CCC[N+]=4CCC2.Cc1c2oc3c(S(=O)(=O)O)c(N)ccc3c(-c3ccc(C(=O)NCCCNC(=O)c4ccc(C(=O)ON)c(O)c4)cc3C(=O)O)c-2ccc1=[NH2+]. The third-order valence-corrected chi connectivity index (χ3v) is 25.7. The predicted molar refractivity (Wildman–Crippen MR) is 485 cm³/mol. The highest BCUT2D eigenvalue weighted by Gasteiger charge is 2.44. The molecule has 8 aromatic rings. The molecule has 0 radical (unpaired) electrons. The molecule has 0 spiro atoms. The maximum atomic E-state index is 14.9. The second kappa shape index (κ2) is 38.9. The molecule has 0 aromatic heterocycles. The summed E-state index contributed by atoms with van der Waals surface area (Å²) in [6.07, 6.45) is 4.54. The Morgan fingerprint density at radius 1 is 0.718 bits per heavy atom. The summed E-state index contributed by atoms with van der Waals surface area (Å²) in [5.74, 6) is 3.71. The van der Waals surface area contributed by atoms with Crippen LogP contribution in [-0.4, -0.2) is 157 Å². The zero-order valence-electron chi connectivity index (χ0n) is 73.9. The molecular formula is C96H105N13O21S+2. The number of carboxylic acid groups (broad SMARTS) is 1. The molecule has 4 aliphatic heterocycles. The molecule has 2 unspecified atom stereocenters. The van der Waals surface area contributed by atoms with Crippen LogP contribution in [0.1, 0.15) is 234 Å². The fraction of sp³-hybridized carbons (Fsp3) is 0.323. The van der Waals surface area contributed by atoms with E-state index in [1.807, 2.05) is 18.2 Å². The van der Waals surface area contributed by atoms with Crippen molar-refractivity contribution < 1.29 is 101 Å². The number of hydrogen-bond donors (Lipinski definition) is 13. The molecule has 14 rings (SSSR count). The number of nitrogens with two attached hydrogens (primary N) is 4. The van der Waals surface area contributed by atoms with Crippen LogP contribution in [0.5, 0.6) is 11.5 Å². The van der Waals surface area contributed by atoms with Gasteiger partial charge < -0.3 is 76.3 Å². The van der Waals surface area contributed by atoms with Gasteiger partial charge in [-0.25, -0.2) is 23.8 Å². The summed E-state index contributed by atoms with van der Waals surface area (Å²) in [7, 11) is -3.12. The second-order valence-corrected chi connectivity index (χ2v) is 35.5. The summed E-state index contributed by atoms with van der Waals surface area (Å²) in [5.41, 5.74) is 17.9. The Labute approximate surface area is 753 Å². The molecule has 131 heavy (non-hydrogen) atoms. The number of fused-ring (bicyclic) bond motifs is 6. The van der Waals surface area contributed by atoms with E-state index in [-0.39, 0.29) is 147 Å². The maximum absolute atomic E-state index is 14.9. The van der Waals surface area contributed by atoms with Crippen molar-refractivity contribution in [3.8, 4) is 33.9 Å². The Balaban J connectivity index is 0.000000250. The van der Waals surface area contributed by atoms with E-state index in [2.05, 4.69) is 112 Å². The number of aryl methyl sites for hydroxylation is 1. The number of nitrogens with one attached hydrogen (secondary N) is 5. The zero-order chi connectivity index (χ0) is 94.6. The van der Waals surface area contributed by atoms with Gasteiger partial charge in [0.05, 0.1) is 27.3 Å².